The second-order valence-corrected chi connectivity index (χ2v) is 8.88. The number of hydrogen-bond acceptors (Lipinski definition) is 2. The van der Waals surface area contributed by atoms with E-state index < -0.39 is 10.2 Å². The van der Waals surface area contributed by atoms with Gasteiger partial charge in [-0.15, -0.1) is 0 Å². The Balaban J connectivity index is 2.13. The standard InChI is InChI=1S/C14H27BrN2O2S/c1-13-6-5-10-16(12-13)20(18,19)17(11-9-15)14-7-3-2-4-8-14/h13-14H,2-12H2,1H3. The quantitative estimate of drug-likeness (QED) is 0.701. The van der Waals surface area contributed by atoms with Gasteiger partial charge in [0, 0.05) is 31.0 Å². The third-order valence-corrected chi connectivity index (χ3v) is 6.94. The molecule has 1 saturated heterocycles. The molecule has 20 heavy (non-hydrogen) atoms. The van der Waals surface area contributed by atoms with Gasteiger partial charge in [-0.05, 0) is 31.6 Å². The van der Waals surface area contributed by atoms with E-state index in [0.29, 0.717) is 30.9 Å². The Morgan fingerprint density at radius 3 is 2.45 bits per heavy atom. The van der Waals surface area contributed by atoms with Gasteiger partial charge in [0.15, 0.2) is 0 Å². The molecule has 0 aromatic rings. The van der Waals surface area contributed by atoms with Crippen molar-refractivity contribution in [2.75, 3.05) is 25.0 Å². The molecule has 2 fully saturated rings. The van der Waals surface area contributed by atoms with Crippen LogP contribution in [0.5, 0.6) is 0 Å². The molecule has 1 aliphatic carbocycles. The lowest BCUT2D eigenvalue weighted by molar-refractivity contribution is 0.219. The molecule has 0 amide bonds. The molecule has 1 unspecified atom stereocenters. The van der Waals surface area contributed by atoms with Crippen LogP contribution in [-0.4, -0.2) is 48.0 Å². The lowest BCUT2D eigenvalue weighted by Crippen LogP contribution is -2.52. The molecule has 118 valence electrons. The van der Waals surface area contributed by atoms with Gasteiger partial charge in [-0.3, -0.25) is 0 Å². The summed E-state index contributed by atoms with van der Waals surface area (Å²) in [4.78, 5) is 0. The van der Waals surface area contributed by atoms with Crippen LogP contribution in [0.25, 0.3) is 0 Å². The minimum atomic E-state index is -3.28. The average Bonchev–Trinajstić information content (AvgIpc) is 2.45. The fourth-order valence-corrected chi connectivity index (χ4v) is 6.07. The van der Waals surface area contributed by atoms with Crippen molar-refractivity contribution < 1.29 is 8.42 Å². The molecule has 0 N–H and O–H groups in total. The fourth-order valence-electron chi connectivity index (χ4n) is 3.44. The van der Waals surface area contributed by atoms with Gasteiger partial charge in [-0.25, -0.2) is 0 Å². The predicted octanol–water partition coefficient (Wildman–Crippen LogP) is 2.99. The van der Waals surface area contributed by atoms with Crippen LogP contribution in [0, 0.1) is 5.92 Å². The van der Waals surface area contributed by atoms with E-state index in [1.165, 1.54) is 6.42 Å². The molecule has 0 aromatic heterocycles. The molecule has 6 heteroatoms. The summed E-state index contributed by atoms with van der Waals surface area (Å²) in [6.07, 6.45) is 7.76. The summed E-state index contributed by atoms with van der Waals surface area (Å²) >= 11 is 3.42. The van der Waals surface area contributed by atoms with E-state index >= 15 is 0 Å². The van der Waals surface area contributed by atoms with Gasteiger partial charge in [0.05, 0.1) is 0 Å². The highest BCUT2D eigenvalue weighted by Gasteiger charge is 2.36. The minimum Gasteiger partial charge on any atom is -0.195 e. The molecule has 2 aliphatic rings. The average molecular weight is 367 g/mol. The highest BCUT2D eigenvalue weighted by atomic mass is 79.9. The number of hydrogen-bond donors (Lipinski definition) is 0. The number of nitrogens with zero attached hydrogens (tertiary/aromatic N) is 2. The van der Waals surface area contributed by atoms with Crippen molar-refractivity contribution in [3.8, 4) is 0 Å². The summed E-state index contributed by atoms with van der Waals surface area (Å²) in [6.45, 7) is 4.13. The van der Waals surface area contributed by atoms with Crippen molar-refractivity contribution in [2.45, 2.75) is 57.9 Å². The Kier molecular flexibility index (Phi) is 6.32. The van der Waals surface area contributed by atoms with Gasteiger partial charge in [-0.1, -0.05) is 42.1 Å². The topological polar surface area (TPSA) is 40.6 Å². The largest absolute Gasteiger partial charge is 0.282 e. The molecule has 1 saturated carbocycles. The summed E-state index contributed by atoms with van der Waals surface area (Å²) in [5.74, 6) is 0.482. The van der Waals surface area contributed by atoms with E-state index in [2.05, 4.69) is 22.9 Å². The summed E-state index contributed by atoms with van der Waals surface area (Å²) in [5, 5.41) is 0.714. The van der Waals surface area contributed by atoms with Crippen molar-refractivity contribution >= 4 is 26.1 Å². The van der Waals surface area contributed by atoms with E-state index in [4.69, 9.17) is 0 Å². The Hall–Kier alpha value is 0.350. The molecule has 1 heterocycles. The van der Waals surface area contributed by atoms with Crippen LogP contribution in [0.2, 0.25) is 0 Å². The van der Waals surface area contributed by atoms with Gasteiger partial charge in [0.2, 0.25) is 0 Å². The van der Waals surface area contributed by atoms with Crippen LogP contribution >= 0.6 is 15.9 Å². The number of halogens is 1. The van der Waals surface area contributed by atoms with E-state index in [1.807, 2.05) is 0 Å². The minimum absolute atomic E-state index is 0.212. The molecule has 0 spiro atoms. The molecule has 0 radical (unpaired) electrons. The first-order valence-corrected chi connectivity index (χ1v) is 10.4. The number of piperidine rings is 1. The van der Waals surface area contributed by atoms with Gasteiger partial charge in [0.1, 0.15) is 0 Å². The first kappa shape index (κ1) is 16.7. The van der Waals surface area contributed by atoms with Crippen molar-refractivity contribution in [2.24, 2.45) is 5.92 Å². The molecule has 0 aromatic carbocycles. The smallest absolute Gasteiger partial charge is 0.195 e. The van der Waals surface area contributed by atoms with Gasteiger partial charge in [-0.2, -0.15) is 17.0 Å². The highest BCUT2D eigenvalue weighted by molar-refractivity contribution is 9.09. The molecule has 1 atom stereocenters. The second kappa shape index (κ2) is 7.56. The van der Waals surface area contributed by atoms with Crippen LogP contribution in [0.3, 0.4) is 0 Å². The second-order valence-electron chi connectivity index (χ2n) is 6.20. The maximum absolute atomic E-state index is 13.0. The van der Waals surface area contributed by atoms with Crippen LogP contribution in [0.1, 0.15) is 51.9 Å². The first-order valence-electron chi connectivity index (χ1n) is 7.88. The summed E-state index contributed by atoms with van der Waals surface area (Å²) in [5.41, 5.74) is 0. The Morgan fingerprint density at radius 1 is 1.15 bits per heavy atom. The van der Waals surface area contributed by atoms with Gasteiger partial charge < -0.3 is 0 Å². The maximum Gasteiger partial charge on any atom is 0.282 e. The van der Waals surface area contributed by atoms with Gasteiger partial charge >= 0.3 is 0 Å². The van der Waals surface area contributed by atoms with E-state index in [-0.39, 0.29) is 6.04 Å². The summed E-state index contributed by atoms with van der Waals surface area (Å²) in [6, 6.07) is 0.212. The highest BCUT2D eigenvalue weighted by Crippen LogP contribution is 2.28. The van der Waals surface area contributed by atoms with Crippen LogP contribution < -0.4 is 0 Å². The predicted molar refractivity (Wildman–Crippen MR) is 86.3 cm³/mol. The van der Waals surface area contributed by atoms with E-state index in [9.17, 15) is 8.42 Å². The summed E-state index contributed by atoms with van der Waals surface area (Å²) < 4.78 is 29.4. The lowest BCUT2D eigenvalue weighted by Gasteiger charge is -2.39. The van der Waals surface area contributed by atoms with Crippen molar-refractivity contribution in [1.82, 2.24) is 8.61 Å². The molecular weight excluding hydrogens is 340 g/mol. The van der Waals surface area contributed by atoms with Crippen LogP contribution in [-0.2, 0) is 10.2 Å². The molecule has 2 rings (SSSR count). The van der Waals surface area contributed by atoms with Crippen LogP contribution in [0.15, 0.2) is 0 Å². The van der Waals surface area contributed by atoms with Crippen molar-refractivity contribution in [3.63, 3.8) is 0 Å². The monoisotopic (exact) mass is 366 g/mol. The van der Waals surface area contributed by atoms with E-state index in [0.717, 1.165) is 38.5 Å². The summed E-state index contributed by atoms with van der Waals surface area (Å²) in [7, 11) is -3.28. The number of alkyl halides is 1. The third kappa shape index (κ3) is 3.96. The first-order chi connectivity index (χ1) is 9.55. The fraction of sp³-hybridized carbons (Fsp3) is 1.00. The molecular formula is C14H27BrN2O2S. The Morgan fingerprint density at radius 2 is 1.85 bits per heavy atom. The zero-order valence-electron chi connectivity index (χ0n) is 12.4. The number of rotatable bonds is 5. The van der Waals surface area contributed by atoms with E-state index in [1.54, 1.807) is 8.61 Å². The molecule has 1 aliphatic heterocycles. The van der Waals surface area contributed by atoms with Crippen molar-refractivity contribution in [3.05, 3.63) is 0 Å². The zero-order valence-corrected chi connectivity index (χ0v) is 14.8. The van der Waals surface area contributed by atoms with Gasteiger partial charge in [0.25, 0.3) is 10.2 Å². The lowest BCUT2D eigenvalue weighted by atomic mass is 9.95. The SMILES string of the molecule is CC1CCCN(S(=O)(=O)N(CCBr)C2CCCCC2)C1. The molecule has 4 nitrogen and oxygen atoms in total. The third-order valence-electron chi connectivity index (χ3n) is 4.53. The van der Waals surface area contributed by atoms with Crippen molar-refractivity contribution in [1.29, 1.82) is 0 Å². The Labute approximate surface area is 132 Å². The Bertz CT molecular complexity index is 396. The zero-order chi connectivity index (χ0) is 14.6. The maximum atomic E-state index is 13.0. The normalized spacial score (nSPS) is 27.1. The van der Waals surface area contributed by atoms with Crippen LogP contribution in [0.4, 0.5) is 0 Å². The molecule has 0 bridgehead atoms.